The average molecular weight is 381 g/mol. The fourth-order valence-corrected chi connectivity index (χ4v) is 3.36. The van der Waals surface area contributed by atoms with Gasteiger partial charge in [0.25, 0.3) is 5.91 Å². The summed E-state index contributed by atoms with van der Waals surface area (Å²) >= 11 is 0. The number of likely N-dealkylation sites (tertiary alicyclic amines) is 1. The molecule has 0 spiro atoms. The van der Waals surface area contributed by atoms with Gasteiger partial charge in [0.15, 0.2) is 0 Å². The van der Waals surface area contributed by atoms with Crippen LogP contribution in [0, 0.1) is 5.92 Å². The van der Waals surface area contributed by atoms with Crippen LogP contribution in [-0.2, 0) is 11.4 Å². The van der Waals surface area contributed by atoms with Gasteiger partial charge < -0.3 is 20.7 Å². The van der Waals surface area contributed by atoms with Crippen LogP contribution in [0.2, 0.25) is 0 Å². The van der Waals surface area contributed by atoms with Gasteiger partial charge in [-0.2, -0.15) is 0 Å². The molecular weight excluding hydrogens is 354 g/mol. The van der Waals surface area contributed by atoms with Crippen molar-refractivity contribution in [3.63, 3.8) is 0 Å². The predicted molar refractivity (Wildman–Crippen MR) is 108 cm³/mol. The van der Waals surface area contributed by atoms with E-state index < -0.39 is 0 Å². The van der Waals surface area contributed by atoms with Crippen LogP contribution in [-0.4, -0.2) is 42.9 Å². The van der Waals surface area contributed by atoms with Crippen LogP contribution in [0.1, 0.15) is 28.8 Å². The highest BCUT2D eigenvalue weighted by atomic mass is 16.5. The lowest BCUT2D eigenvalue weighted by Gasteiger charge is -2.32. The van der Waals surface area contributed by atoms with Crippen molar-refractivity contribution in [1.82, 2.24) is 10.2 Å². The molecule has 0 aliphatic carbocycles. The summed E-state index contributed by atoms with van der Waals surface area (Å²) in [5.74, 6) is 0.384. The number of nitrogens with zero attached hydrogens (tertiary/aromatic N) is 1. The normalized spacial score (nSPS) is 16.5. The Morgan fingerprint density at radius 2 is 1.96 bits per heavy atom. The minimum Gasteiger partial charge on any atom is -0.489 e. The molecule has 2 aromatic carbocycles. The van der Waals surface area contributed by atoms with Gasteiger partial charge in [-0.15, -0.1) is 0 Å². The second-order valence-corrected chi connectivity index (χ2v) is 6.97. The van der Waals surface area contributed by atoms with Crippen molar-refractivity contribution in [1.29, 1.82) is 0 Å². The zero-order chi connectivity index (χ0) is 19.8. The first-order valence-corrected chi connectivity index (χ1v) is 9.71. The molecule has 2 aromatic rings. The van der Waals surface area contributed by atoms with Crippen molar-refractivity contribution in [2.75, 3.05) is 26.2 Å². The van der Waals surface area contributed by atoms with Crippen molar-refractivity contribution in [3.8, 4) is 5.75 Å². The Kier molecular flexibility index (Phi) is 7.03. The Bertz CT molecular complexity index is 795. The number of ether oxygens (including phenoxy) is 1. The van der Waals surface area contributed by atoms with Gasteiger partial charge in [-0.3, -0.25) is 9.59 Å². The number of hydrogen-bond acceptors (Lipinski definition) is 4. The second-order valence-electron chi connectivity index (χ2n) is 6.97. The monoisotopic (exact) mass is 381 g/mol. The fraction of sp³-hybridized carbons (Fsp3) is 0.364. The average Bonchev–Trinajstić information content (AvgIpc) is 2.76. The van der Waals surface area contributed by atoms with E-state index in [2.05, 4.69) is 5.32 Å². The maximum atomic E-state index is 12.9. The Morgan fingerprint density at radius 1 is 1.14 bits per heavy atom. The summed E-state index contributed by atoms with van der Waals surface area (Å²) in [6.07, 6.45) is 1.61. The number of carbonyl (C=O) groups excluding carboxylic acids is 2. The maximum absolute atomic E-state index is 12.9. The van der Waals surface area contributed by atoms with Crippen molar-refractivity contribution in [2.24, 2.45) is 11.7 Å². The maximum Gasteiger partial charge on any atom is 0.254 e. The Labute approximate surface area is 165 Å². The van der Waals surface area contributed by atoms with Crippen LogP contribution in [0.25, 0.3) is 0 Å². The zero-order valence-electron chi connectivity index (χ0n) is 16.0. The molecule has 28 heavy (non-hydrogen) atoms. The number of rotatable bonds is 7. The number of benzene rings is 2. The first-order valence-electron chi connectivity index (χ1n) is 9.71. The van der Waals surface area contributed by atoms with E-state index in [0.717, 1.165) is 18.4 Å². The van der Waals surface area contributed by atoms with E-state index in [1.165, 1.54) is 0 Å². The van der Waals surface area contributed by atoms with E-state index in [9.17, 15) is 9.59 Å². The summed E-state index contributed by atoms with van der Waals surface area (Å²) in [5, 5.41) is 2.82. The SMILES string of the molecule is NCCNC(=O)C1CCCN(C(=O)c2cccc(OCc3ccccc3)c2)C1. The topological polar surface area (TPSA) is 84.7 Å². The number of nitrogens with two attached hydrogens (primary N) is 1. The number of piperidine rings is 1. The lowest BCUT2D eigenvalue weighted by molar-refractivity contribution is -0.126. The number of nitrogens with one attached hydrogen (secondary N) is 1. The first-order chi connectivity index (χ1) is 13.7. The largest absolute Gasteiger partial charge is 0.489 e. The molecule has 3 rings (SSSR count). The Hall–Kier alpha value is -2.86. The van der Waals surface area contributed by atoms with Crippen LogP contribution in [0.3, 0.4) is 0 Å². The molecule has 2 amide bonds. The van der Waals surface area contributed by atoms with Gasteiger partial charge in [0.05, 0.1) is 5.92 Å². The van der Waals surface area contributed by atoms with Gasteiger partial charge in [0.1, 0.15) is 12.4 Å². The van der Waals surface area contributed by atoms with Crippen molar-refractivity contribution in [3.05, 3.63) is 65.7 Å². The number of amides is 2. The summed E-state index contributed by atoms with van der Waals surface area (Å²) in [7, 11) is 0. The van der Waals surface area contributed by atoms with E-state index in [1.54, 1.807) is 17.0 Å². The zero-order valence-corrected chi connectivity index (χ0v) is 16.0. The summed E-state index contributed by atoms with van der Waals surface area (Å²) in [6.45, 7) is 2.42. The number of hydrogen-bond donors (Lipinski definition) is 2. The Morgan fingerprint density at radius 3 is 2.75 bits per heavy atom. The highest BCUT2D eigenvalue weighted by molar-refractivity contribution is 5.95. The summed E-state index contributed by atoms with van der Waals surface area (Å²) in [5.41, 5.74) is 7.09. The molecule has 148 valence electrons. The molecule has 1 unspecified atom stereocenters. The third-order valence-corrected chi connectivity index (χ3v) is 4.85. The summed E-state index contributed by atoms with van der Waals surface area (Å²) in [6, 6.07) is 17.1. The van der Waals surface area contributed by atoms with Gasteiger partial charge in [0, 0.05) is 31.7 Å². The molecule has 3 N–H and O–H groups in total. The molecular formula is C22H27N3O3. The third-order valence-electron chi connectivity index (χ3n) is 4.85. The highest BCUT2D eigenvalue weighted by Gasteiger charge is 2.28. The lowest BCUT2D eigenvalue weighted by atomic mass is 9.96. The second kappa shape index (κ2) is 9.90. The van der Waals surface area contributed by atoms with Crippen LogP contribution >= 0.6 is 0 Å². The molecule has 1 saturated heterocycles. The first kappa shape index (κ1) is 19.9. The molecule has 1 fully saturated rings. The molecule has 6 heteroatoms. The smallest absolute Gasteiger partial charge is 0.254 e. The van der Waals surface area contributed by atoms with E-state index in [1.807, 2.05) is 42.5 Å². The van der Waals surface area contributed by atoms with Crippen LogP contribution in [0.5, 0.6) is 5.75 Å². The summed E-state index contributed by atoms with van der Waals surface area (Å²) in [4.78, 5) is 26.9. The van der Waals surface area contributed by atoms with Crippen LogP contribution in [0.4, 0.5) is 0 Å². The van der Waals surface area contributed by atoms with Crippen molar-refractivity contribution in [2.45, 2.75) is 19.4 Å². The number of carbonyl (C=O) groups is 2. The van der Waals surface area contributed by atoms with Gasteiger partial charge in [-0.25, -0.2) is 0 Å². The molecule has 1 aliphatic heterocycles. The molecule has 1 aliphatic rings. The van der Waals surface area contributed by atoms with Gasteiger partial charge in [-0.05, 0) is 36.6 Å². The van der Waals surface area contributed by atoms with E-state index in [4.69, 9.17) is 10.5 Å². The molecule has 0 aromatic heterocycles. The van der Waals surface area contributed by atoms with E-state index >= 15 is 0 Å². The van der Waals surface area contributed by atoms with E-state index in [-0.39, 0.29) is 17.7 Å². The van der Waals surface area contributed by atoms with Crippen molar-refractivity contribution < 1.29 is 14.3 Å². The Balaban J connectivity index is 1.61. The van der Waals surface area contributed by atoms with Gasteiger partial charge in [0.2, 0.25) is 5.91 Å². The highest BCUT2D eigenvalue weighted by Crippen LogP contribution is 2.21. The third kappa shape index (κ3) is 5.33. The van der Waals surface area contributed by atoms with Gasteiger partial charge >= 0.3 is 0 Å². The van der Waals surface area contributed by atoms with Crippen LogP contribution in [0.15, 0.2) is 54.6 Å². The van der Waals surface area contributed by atoms with E-state index in [0.29, 0.717) is 44.1 Å². The van der Waals surface area contributed by atoms with Crippen molar-refractivity contribution >= 4 is 11.8 Å². The molecule has 1 heterocycles. The molecule has 0 saturated carbocycles. The molecule has 6 nitrogen and oxygen atoms in total. The summed E-state index contributed by atoms with van der Waals surface area (Å²) < 4.78 is 5.83. The lowest BCUT2D eigenvalue weighted by Crippen LogP contribution is -2.46. The minimum absolute atomic E-state index is 0.0251. The molecule has 0 bridgehead atoms. The van der Waals surface area contributed by atoms with Gasteiger partial charge in [-0.1, -0.05) is 36.4 Å². The fourth-order valence-electron chi connectivity index (χ4n) is 3.36. The standard InChI is InChI=1S/C22H27N3O3/c23-11-12-24-21(26)19-9-5-13-25(15-19)22(27)18-8-4-10-20(14-18)28-16-17-6-2-1-3-7-17/h1-4,6-8,10,14,19H,5,9,11-13,15-16,23H2,(H,24,26). The predicted octanol–water partition coefficient (Wildman–Crippen LogP) is 2.19. The minimum atomic E-state index is -0.179. The van der Waals surface area contributed by atoms with Crippen LogP contribution < -0.4 is 15.8 Å². The molecule has 1 atom stereocenters. The molecule has 0 radical (unpaired) electrons. The quantitative estimate of drug-likeness (QED) is 0.770.